The first-order valence-electron chi connectivity index (χ1n) is 8.45. The van der Waals surface area contributed by atoms with Crippen molar-refractivity contribution >= 4 is 39.7 Å². The molecule has 8 heteroatoms. The Balaban J connectivity index is 1.33. The van der Waals surface area contributed by atoms with Gasteiger partial charge in [0.05, 0.1) is 5.75 Å². The van der Waals surface area contributed by atoms with E-state index in [9.17, 15) is 9.18 Å². The summed E-state index contributed by atoms with van der Waals surface area (Å²) in [7, 11) is 0. The normalized spacial score (nSPS) is 11.1. The van der Waals surface area contributed by atoms with Gasteiger partial charge < -0.3 is 10.3 Å². The lowest BCUT2D eigenvalue weighted by molar-refractivity contribution is -0.118. The van der Waals surface area contributed by atoms with Crippen LogP contribution >= 0.6 is 11.8 Å². The fraction of sp³-hybridized carbons (Fsp3) is 0.158. The van der Waals surface area contributed by atoms with Crippen LogP contribution in [0.1, 0.15) is 5.56 Å². The minimum atomic E-state index is -0.257. The second-order valence-corrected chi connectivity index (χ2v) is 6.88. The van der Waals surface area contributed by atoms with Gasteiger partial charge in [-0.3, -0.25) is 4.79 Å². The molecule has 2 aromatic carbocycles. The van der Waals surface area contributed by atoms with E-state index in [2.05, 4.69) is 25.5 Å². The summed E-state index contributed by atoms with van der Waals surface area (Å²) in [4.78, 5) is 19.6. The largest absolute Gasteiger partial charge is 0.355 e. The van der Waals surface area contributed by atoms with Crippen molar-refractivity contribution in [2.24, 2.45) is 0 Å². The number of fused-ring (bicyclic) bond motifs is 3. The average Bonchev–Trinajstić information content (AvgIpc) is 3.05. The topological polar surface area (TPSA) is 83.6 Å². The zero-order valence-electron chi connectivity index (χ0n) is 14.3. The van der Waals surface area contributed by atoms with Gasteiger partial charge in [-0.1, -0.05) is 48.2 Å². The Morgan fingerprint density at radius 2 is 1.93 bits per heavy atom. The summed E-state index contributed by atoms with van der Waals surface area (Å²) in [6, 6.07) is 14.3. The van der Waals surface area contributed by atoms with Gasteiger partial charge in [0.15, 0.2) is 5.65 Å². The molecule has 4 rings (SSSR count). The number of amides is 1. The van der Waals surface area contributed by atoms with E-state index in [1.807, 2.05) is 24.3 Å². The van der Waals surface area contributed by atoms with E-state index in [0.717, 1.165) is 10.9 Å². The molecule has 0 saturated heterocycles. The molecule has 0 unspecified atom stereocenters. The lowest BCUT2D eigenvalue weighted by atomic mass is 10.1. The number of benzene rings is 2. The fourth-order valence-corrected chi connectivity index (χ4v) is 3.40. The van der Waals surface area contributed by atoms with Gasteiger partial charge in [0.1, 0.15) is 11.3 Å². The van der Waals surface area contributed by atoms with Gasteiger partial charge in [0.2, 0.25) is 11.1 Å². The van der Waals surface area contributed by atoms with Crippen molar-refractivity contribution in [3.05, 3.63) is 59.9 Å². The number of carbonyl (C=O) groups excluding carboxylic acids is 1. The highest BCUT2D eigenvalue weighted by molar-refractivity contribution is 7.99. The van der Waals surface area contributed by atoms with Crippen molar-refractivity contribution in [2.75, 3.05) is 12.3 Å². The monoisotopic (exact) mass is 381 g/mol. The van der Waals surface area contributed by atoms with Crippen LogP contribution in [-0.4, -0.2) is 38.4 Å². The first kappa shape index (κ1) is 17.4. The molecule has 0 spiro atoms. The Hall–Kier alpha value is -3.00. The van der Waals surface area contributed by atoms with Crippen molar-refractivity contribution in [3.63, 3.8) is 0 Å². The van der Waals surface area contributed by atoms with Gasteiger partial charge in [-0.05, 0) is 24.1 Å². The lowest BCUT2D eigenvalue weighted by Crippen LogP contribution is -2.27. The van der Waals surface area contributed by atoms with E-state index < -0.39 is 0 Å². The molecule has 2 N–H and O–H groups in total. The minimum Gasteiger partial charge on any atom is -0.355 e. The van der Waals surface area contributed by atoms with Gasteiger partial charge in [0.25, 0.3) is 0 Å². The Morgan fingerprint density at radius 3 is 2.81 bits per heavy atom. The van der Waals surface area contributed by atoms with Gasteiger partial charge in [-0.2, -0.15) is 0 Å². The smallest absolute Gasteiger partial charge is 0.230 e. The summed E-state index contributed by atoms with van der Waals surface area (Å²) < 4.78 is 13.5. The Morgan fingerprint density at radius 1 is 1.11 bits per heavy atom. The highest BCUT2D eigenvalue weighted by Gasteiger charge is 2.10. The van der Waals surface area contributed by atoms with Crippen LogP contribution in [0.4, 0.5) is 4.39 Å². The molecule has 0 aliphatic carbocycles. The van der Waals surface area contributed by atoms with E-state index in [4.69, 9.17) is 0 Å². The summed E-state index contributed by atoms with van der Waals surface area (Å²) in [5.41, 5.74) is 2.89. The number of aromatic nitrogens is 4. The second-order valence-electron chi connectivity index (χ2n) is 5.94. The van der Waals surface area contributed by atoms with Crippen LogP contribution in [0, 0.1) is 5.82 Å². The molecule has 0 aliphatic heterocycles. The van der Waals surface area contributed by atoms with Gasteiger partial charge >= 0.3 is 0 Å². The molecule has 136 valence electrons. The van der Waals surface area contributed by atoms with Crippen molar-refractivity contribution < 1.29 is 9.18 Å². The number of para-hydroxylation sites is 1. The Kier molecular flexibility index (Phi) is 4.97. The van der Waals surface area contributed by atoms with Crippen LogP contribution in [-0.2, 0) is 11.2 Å². The number of aromatic amines is 1. The average molecular weight is 381 g/mol. The SMILES string of the molecule is O=C(CSc1nnc2c(n1)[nH]c1ccccc12)NCCc1ccccc1F. The number of halogens is 1. The number of rotatable bonds is 6. The van der Waals surface area contributed by atoms with E-state index in [0.29, 0.717) is 34.8 Å². The standard InChI is InChI=1S/C19H16FN5OS/c20-14-7-3-1-5-12(14)9-10-21-16(26)11-27-19-23-18-17(24-25-19)13-6-2-4-8-15(13)22-18/h1-8H,9-11H2,(H,21,26)(H,22,23,25). The number of carbonyl (C=O) groups is 1. The Bertz CT molecular complexity index is 1110. The highest BCUT2D eigenvalue weighted by atomic mass is 32.2. The lowest BCUT2D eigenvalue weighted by Gasteiger charge is -2.05. The maximum atomic E-state index is 13.5. The van der Waals surface area contributed by atoms with Gasteiger partial charge in [-0.15, -0.1) is 10.2 Å². The van der Waals surface area contributed by atoms with Crippen molar-refractivity contribution in [1.29, 1.82) is 0 Å². The molecule has 0 saturated carbocycles. The summed E-state index contributed by atoms with van der Waals surface area (Å²) in [5, 5.41) is 12.5. The molecule has 2 heterocycles. The predicted octanol–water partition coefficient (Wildman–Crippen LogP) is 3.10. The summed E-state index contributed by atoms with van der Waals surface area (Å²) in [5.74, 6) is -0.242. The highest BCUT2D eigenvalue weighted by Crippen LogP contribution is 2.23. The van der Waals surface area contributed by atoms with Crippen molar-refractivity contribution in [3.8, 4) is 0 Å². The first-order valence-corrected chi connectivity index (χ1v) is 9.43. The summed E-state index contributed by atoms with van der Waals surface area (Å²) in [6.45, 7) is 0.375. The molecule has 0 aliphatic rings. The minimum absolute atomic E-state index is 0.156. The fourth-order valence-electron chi connectivity index (χ4n) is 2.79. The molecule has 6 nitrogen and oxygen atoms in total. The van der Waals surface area contributed by atoms with Crippen molar-refractivity contribution in [1.82, 2.24) is 25.5 Å². The quantitative estimate of drug-likeness (QED) is 0.502. The Labute approximate surface area is 158 Å². The summed E-state index contributed by atoms with van der Waals surface area (Å²) in [6.07, 6.45) is 0.447. The molecule has 0 fully saturated rings. The third kappa shape index (κ3) is 3.90. The van der Waals surface area contributed by atoms with E-state index >= 15 is 0 Å². The molecule has 2 aromatic heterocycles. The molecular weight excluding hydrogens is 365 g/mol. The second kappa shape index (κ2) is 7.71. The van der Waals surface area contributed by atoms with Crippen LogP contribution in [0.2, 0.25) is 0 Å². The molecule has 1 amide bonds. The molecule has 0 radical (unpaired) electrons. The van der Waals surface area contributed by atoms with Crippen LogP contribution in [0.25, 0.3) is 22.1 Å². The van der Waals surface area contributed by atoms with Crippen LogP contribution in [0.3, 0.4) is 0 Å². The number of thioether (sulfide) groups is 1. The van der Waals surface area contributed by atoms with Gasteiger partial charge in [-0.25, -0.2) is 9.37 Å². The number of nitrogens with zero attached hydrogens (tertiary/aromatic N) is 3. The maximum absolute atomic E-state index is 13.5. The van der Waals surface area contributed by atoms with Crippen molar-refractivity contribution in [2.45, 2.75) is 11.6 Å². The van der Waals surface area contributed by atoms with E-state index in [1.165, 1.54) is 17.8 Å². The zero-order valence-corrected chi connectivity index (χ0v) is 15.1. The summed E-state index contributed by atoms with van der Waals surface area (Å²) >= 11 is 1.21. The first-order chi connectivity index (χ1) is 13.2. The van der Waals surface area contributed by atoms with Crippen LogP contribution in [0.5, 0.6) is 0 Å². The third-order valence-electron chi connectivity index (χ3n) is 4.11. The number of hydrogen-bond donors (Lipinski definition) is 2. The molecule has 4 aromatic rings. The maximum Gasteiger partial charge on any atom is 0.230 e. The van der Waals surface area contributed by atoms with Crippen LogP contribution < -0.4 is 5.32 Å². The van der Waals surface area contributed by atoms with Crippen LogP contribution in [0.15, 0.2) is 53.7 Å². The number of nitrogens with one attached hydrogen (secondary N) is 2. The van der Waals surface area contributed by atoms with E-state index in [-0.39, 0.29) is 17.5 Å². The zero-order chi connectivity index (χ0) is 18.6. The molecule has 0 atom stereocenters. The number of hydrogen-bond acceptors (Lipinski definition) is 5. The molecule has 0 bridgehead atoms. The number of H-pyrrole nitrogens is 1. The van der Waals surface area contributed by atoms with E-state index in [1.54, 1.807) is 18.2 Å². The third-order valence-corrected chi connectivity index (χ3v) is 4.95. The molecular formula is C19H16FN5OS. The van der Waals surface area contributed by atoms with Gasteiger partial charge in [0, 0.05) is 17.4 Å². The predicted molar refractivity (Wildman–Crippen MR) is 103 cm³/mol. The molecule has 27 heavy (non-hydrogen) atoms.